The molecule has 3 fully saturated rings. The number of rotatable bonds is 2. The molecule has 162 valence electrons. The standard InChI is InChI=1S/C22H17ClN4O5/c23-13-8-7-11(27(31)32)10-16(13)26-19(28)17-15-6-3-9-25(15)22(18(17)20(26)29)12-4-1-2-5-14(12)24-21(22)30/h1-2,4-5,7-8,10,15,17-18H,3,6,9H2,(H,24,30)/t15-,17+,18+,22+/m0/s1. The number of nitrogens with one attached hydrogen (secondary N) is 1. The Balaban J connectivity index is 1.55. The number of imide groups is 1. The van der Waals surface area contributed by atoms with Crippen LogP contribution in [0.25, 0.3) is 0 Å². The van der Waals surface area contributed by atoms with Gasteiger partial charge in [0.2, 0.25) is 17.7 Å². The number of nitro groups is 1. The lowest BCUT2D eigenvalue weighted by Gasteiger charge is -2.36. The van der Waals surface area contributed by atoms with Crippen molar-refractivity contribution in [3.05, 3.63) is 63.2 Å². The van der Waals surface area contributed by atoms with Crippen molar-refractivity contribution in [1.82, 2.24) is 4.90 Å². The van der Waals surface area contributed by atoms with Crippen LogP contribution in [0.4, 0.5) is 17.1 Å². The van der Waals surface area contributed by atoms with E-state index in [0.29, 0.717) is 24.2 Å². The van der Waals surface area contributed by atoms with Gasteiger partial charge in [0.1, 0.15) is 5.54 Å². The van der Waals surface area contributed by atoms with Crippen molar-refractivity contribution >= 4 is 46.4 Å². The molecule has 4 heterocycles. The van der Waals surface area contributed by atoms with E-state index >= 15 is 0 Å². The zero-order chi connectivity index (χ0) is 22.4. The Morgan fingerprint density at radius 3 is 2.69 bits per heavy atom. The molecule has 4 atom stereocenters. The fraction of sp³-hybridized carbons (Fsp3) is 0.318. The third kappa shape index (κ3) is 2.14. The van der Waals surface area contributed by atoms with Crippen molar-refractivity contribution in [2.24, 2.45) is 11.8 Å². The normalized spacial score (nSPS) is 30.6. The van der Waals surface area contributed by atoms with Crippen molar-refractivity contribution in [1.29, 1.82) is 0 Å². The third-order valence-electron chi connectivity index (χ3n) is 7.28. The maximum Gasteiger partial charge on any atom is 0.271 e. The van der Waals surface area contributed by atoms with Crippen molar-refractivity contribution in [3.63, 3.8) is 0 Å². The van der Waals surface area contributed by atoms with Gasteiger partial charge in [-0.25, -0.2) is 4.90 Å². The number of fused-ring (bicyclic) bond motifs is 7. The van der Waals surface area contributed by atoms with Crippen LogP contribution in [0.2, 0.25) is 5.02 Å². The molecule has 3 amide bonds. The van der Waals surface area contributed by atoms with Crippen LogP contribution < -0.4 is 10.2 Å². The van der Waals surface area contributed by atoms with Gasteiger partial charge in [0, 0.05) is 29.4 Å². The Labute approximate surface area is 187 Å². The fourth-order valence-electron chi connectivity index (χ4n) is 6.18. The topological polar surface area (TPSA) is 113 Å². The van der Waals surface area contributed by atoms with Gasteiger partial charge in [0.25, 0.3) is 5.69 Å². The van der Waals surface area contributed by atoms with Gasteiger partial charge in [-0.3, -0.25) is 29.4 Å². The van der Waals surface area contributed by atoms with E-state index in [1.807, 2.05) is 23.1 Å². The highest BCUT2D eigenvalue weighted by Gasteiger charge is 2.74. The zero-order valence-corrected chi connectivity index (χ0v) is 17.4. The van der Waals surface area contributed by atoms with Gasteiger partial charge in [-0.05, 0) is 31.5 Å². The Morgan fingerprint density at radius 2 is 1.91 bits per heavy atom. The molecule has 1 N–H and O–H groups in total. The Kier molecular flexibility index (Phi) is 3.86. The number of amides is 3. The molecule has 1 spiro atoms. The minimum atomic E-state index is -1.28. The molecule has 0 bridgehead atoms. The summed E-state index contributed by atoms with van der Waals surface area (Å²) in [5.74, 6) is -2.99. The van der Waals surface area contributed by atoms with E-state index in [2.05, 4.69) is 5.32 Å². The molecule has 0 aliphatic carbocycles. The number of halogens is 1. The van der Waals surface area contributed by atoms with Crippen LogP contribution in [-0.2, 0) is 19.9 Å². The molecule has 10 heteroatoms. The molecule has 2 aromatic carbocycles. The first-order valence-corrected chi connectivity index (χ1v) is 10.7. The molecule has 4 aliphatic rings. The summed E-state index contributed by atoms with van der Waals surface area (Å²) < 4.78 is 0. The number of nitrogens with zero attached hydrogens (tertiary/aromatic N) is 3. The highest BCUT2D eigenvalue weighted by molar-refractivity contribution is 6.36. The summed E-state index contributed by atoms with van der Waals surface area (Å²) in [6, 6.07) is 10.6. The predicted molar refractivity (Wildman–Crippen MR) is 114 cm³/mol. The summed E-state index contributed by atoms with van der Waals surface area (Å²) >= 11 is 6.28. The number of para-hydroxylation sites is 1. The van der Waals surface area contributed by atoms with Gasteiger partial charge in [-0.15, -0.1) is 0 Å². The Bertz CT molecular complexity index is 1250. The van der Waals surface area contributed by atoms with Crippen molar-refractivity contribution < 1.29 is 19.3 Å². The number of nitro benzene ring substituents is 1. The number of non-ortho nitro benzene ring substituents is 1. The van der Waals surface area contributed by atoms with E-state index in [1.54, 1.807) is 6.07 Å². The van der Waals surface area contributed by atoms with Gasteiger partial charge in [-0.1, -0.05) is 29.8 Å². The molecule has 3 saturated heterocycles. The number of hydrogen-bond acceptors (Lipinski definition) is 6. The second-order valence-electron chi connectivity index (χ2n) is 8.58. The lowest BCUT2D eigenvalue weighted by molar-refractivity contribution is -0.384. The van der Waals surface area contributed by atoms with E-state index in [-0.39, 0.29) is 28.3 Å². The maximum absolute atomic E-state index is 13.8. The molecule has 0 radical (unpaired) electrons. The number of carbonyl (C=O) groups is 3. The minimum absolute atomic E-state index is 0.0170. The quantitative estimate of drug-likeness (QED) is 0.426. The molecule has 0 unspecified atom stereocenters. The SMILES string of the molecule is O=C1[C@@H]2[C@@H]3CCCN3[C@@]3(C(=O)Nc4ccccc43)[C@H]2C(=O)N1c1cc([N+](=O)[O-])ccc1Cl. The van der Waals surface area contributed by atoms with Crippen LogP contribution in [0.5, 0.6) is 0 Å². The highest BCUT2D eigenvalue weighted by atomic mass is 35.5. The average molecular weight is 453 g/mol. The number of hydrogen-bond donors (Lipinski definition) is 1. The molecular formula is C22H17ClN4O5. The monoisotopic (exact) mass is 452 g/mol. The second-order valence-corrected chi connectivity index (χ2v) is 8.98. The van der Waals surface area contributed by atoms with E-state index in [0.717, 1.165) is 17.4 Å². The van der Waals surface area contributed by atoms with Crippen LogP contribution in [0.15, 0.2) is 42.5 Å². The summed E-state index contributed by atoms with van der Waals surface area (Å²) in [5, 5.41) is 14.3. The first kappa shape index (κ1) is 19.4. The molecule has 9 nitrogen and oxygen atoms in total. The molecular weight excluding hydrogens is 436 g/mol. The predicted octanol–water partition coefficient (Wildman–Crippen LogP) is 2.68. The molecule has 32 heavy (non-hydrogen) atoms. The first-order valence-electron chi connectivity index (χ1n) is 10.4. The van der Waals surface area contributed by atoms with E-state index in [4.69, 9.17) is 11.6 Å². The summed E-state index contributed by atoms with van der Waals surface area (Å²) in [6.45, 7) is 0.609. The van der Waals surface area contributed by atoms with Crippen molar-refractivity contribution in [2.75, 3.05) is 16.8 Å². The zero-order valence-electron chi connectivity index (χ0n) is 16.7. The smallest absolute Gasteiger partial charge is 0.271 e. The Morgan fingerprint density at radius 1 is 1.12 bits per heavy atom. The van der Waals surface area contributed by atoms with E-state index in [9.17, 15) is 24.5 Å². The Hall–Kier alpha value is -3.30. The van der Waals surface area contributed by atoms with Crippen LogP contribution in [0, 0.1) is 22.0 Å². The second kappa shape index (κ2) is 6.36. The molecule has 0 aromatic heterocycles. The first-order chi connectivity index (χ1) is 15.4. The van der Waals surface area contributed by atoms with Crippen LogP contribution >= 0.6 is 11.6 Å². The van der Waals surface area contributed by atoms with Gasteiger partial charge in [-0.2, -0.15) is 0 Å². The average Bonchev–Trinajstić information content (AvgIpc) is 3.47. The van der Waals surface area contributed by atoms with E-state index in [1.165, 1.54) is 12.1 Å². The maximum atomic E-state index is 13.8. The summed E-state index contributed by atoms with van der Waals surface area (Å²) in [7, 11) is 0. The fourth-order valence-corrected chi connectivity index (χ4v) is 6.38. The van der Waals surface area contributed by atoms with Crippen LogP contribution in [-0.4, -0.2) is 40.1 Å². The largest absolute Gasteiger partial charge is 0.324 e. The number of benzene rings is 2. The van der Waals surface area contributed by atoms with E-state index < -0.39 is 34.1 Å². The van der Waals surface area contributed by atoms with Gasteiger partial charge in [0.15, 0.2) is 0 Å². The van der Waals surface area contributed by atoms with Crippen LogP contribution in [0.3, 0.4) is 0 Å². The third-order valence-corrected chi connectivity index (χ3v) is 7.60. The molecule has 2 aromatic rings. The lowest BCUT2D eigenvalue weighted by Crippen LogP contribution is -2.54. The summed E-state index contributed by atoms with van der Waals surface area (Å²) in [5.41, 5.74) is -0.245. The van der Waals surface area contributed by atoms with Gasteiger partial charge in [0.05, 0.1) is 27.5 Å². The number of carbonyl (C=O) groups excluding carboxylic acids is 3. The summed E-state index contributed by atoms with van der Waals surface area (Å²) in [6.07, 6.45) is 1.50. The summed E-state index contributed by atoms with van der Waals surface area (Å²) in [4.78, 5) is 54.7. The molecule has 0 saturated carbocycles. The van der Waals surface area contributed by atoms with Crippen molar-refractivity contribution in [3.8, 4) is 0 Å². The molecule has 6 rings (SSSR count). The van der Waals surface area contributed by atoms with Crippen LogP contribution in [0.1, 0.15) is 18.4 Å². The minimum Gasteiger partial charge on any atom is -0.324 e. The highest BCUT2D eigenvalue weighted by Crippen LogP contribution is 2.60. The van der Waals surface area contributed by atoms with Gasteiger partial charge >= 0.3 is 0 Å². The van der Waals surface area contributed by atoms with Gasteiger partial charge < -0.3 is 5.32 Å². The lowest BCUT2D eigenvalue weighted by atomic mass is 9.75. The van der Waals surface area contributed by atoms with Crippen molar-refractivity contribution in [2.45, 2.75) is 24.4 Å². The number of anilines is 2. The molecule has 4 aliphatic heterocycles.